The van der Waals surface area contributed by atoms with Crippen molar-refractivity contribution in [1.29, 1.82) is 0 Å². The fourth-order valence-electron chi connectivity index (χ4n) is 1.66. The Morgan fingerprint density at radius 2 is 2.24 bits per heavy atom. The van der Waals surface area contributed by atoms with Gasteiger partial charge in [0.1, 0.15) is 6.10 Å². The monoisotopic (exact) mass is 232 g/mol. The van der Waals surface area contributed by atoms with Gasteiger partial charge in [-0.25, -0.2) is 4.79 Å². The molecule has 0 saturated heterocycles. The van der Waals surface area contributed by atoms with E-state index in [9.17, 15) is 4.79 Å². The fourth-order valence-corrected chi connectivity index (χ4v) is 1.66. The zero-order chi connectivity index (χ0) is 13.1. The minimum atomic E-state index is -0.276. The maximum Gasteiger partial charge on any atom is 0.338 e. The zero-order valence-electron chi connectivity index (χ0n) is 10.8. The highest BCUT2D eigenvalue weighted by molar-refractivity contribution is 5.93. The third-order valence-electron chi connectivity index (χ3n) is 2.84. The molecule has 0 bridgehead atoms. The molecule has 0 aliphatic carbocycles. The van der Waals surface area contributed by atoms with Gasteiger partial charge in [0.15, 0.2) is 0 Å². The molecule has 1 aliphatic heterocycles. The van der Waals surface area contributed by atoms with E-state index in [1.807, 2.05) is 19.1 Å². The molecule has 0 aromatic heterocycles. The SMILES string of the molecule is C=CC1=C[C@@H](C(C)(C)C/C=C/C(=C)C)OC1=O. The number of ether oxygens (including phenoxy) is 1. The van der Waals surface area contributed by atoms with Crippen molar-refractivity contribution < 1.29 is 9.53 Å². The molecule has 0 aromatic carbocycles. The van der Waals surface area contributed by atoms with Gasteiger partial charge in [-0.3, -0.25) is 0 Å². The van der Waals surface area contributed by atoms with Crippen LogP contribution in [0, 0.1) is 5.41 Å². The van der Waals surface area contributed by atoms with E-state index in [0.717, 1.165) is 12.0 Å². The van der Waals surface area contributed by atoms with Crippen LogP contribution in [0.4, 0.5) is 0 Å². The van der Waals surface area contributed by atoms with Crippen LogP contribution in [0.1, 0.15) is 27.2 Å². The Labute approximate surface area is 103 Å². The van der Waals surface area contributed by atoms with Gasteiger partial charge in [0.2, 0.25) is 0 Å². The van der Waals surface area contributed by atoms with Gasteiger partial charge in [0.05, 0.1) is 5.57 Å². The van der Waals surface area contributed by atoms with Gasteiger partial charge < -0.3 is 4.74 Å². The molecule has 92 valence electrons. The zero-order valence-corrected chi connectivity index (χ0v) is 10.8. The van der Waals surface area contributed by atoms with Crippen molar-refractivity contribution in [2.24, 2.45) is 5.41 Å². The third kappa shape index (κ3) is 3.45. The van der Waals surface area contributed by atoms with Gasteiger partial charge in [-0.05, 0) is 19.4 Å². The first-order valence-electron chi connectivity index (χ1n) is 5.74. The van der Waals surface area contributed by atoms with Crippen molar-refractivity contribution in [3.63, 3.8) is 0 Å². The predicted octanol–water partition coefficient (Wildman–Crippen LogP) is 3.57. The second-order valence-corrected chi connectivity index (χ2v) is 5.09. The van der Waals surface area contributed by atoms with E-state index in [2.05, 4.69) is 33.1 Å². The van der Waals surface area contributed by atoms with Crippen molar-refractivity contribution in [2.45, 2.75) is 33.3 Å². The number of carbonyl (C=O) groups is 1. The van der Waals surface area contributed by atoms with Gasteiger partial charge in [0, 0.05) is 5.41 Å². The first-order valence-corrected chi connectivity index (χ1v) is 5.74. The summed E-state index contributed by atoms with van der Waals surface area (Å²) in [5, 5.41) is 0. The Hall–Kier alpha value is -1.57. The summed E-state index contributed by atoms with van der Waals surface area (Å²) in [4.78, 5) is 11.5. The molecule has 0 aromatic rings. The van der Waals surface area contributed by atoms with Crippen LogP contribution in [0.3, 0.4) is 0 Å². The molecule has 1 atom stereocenters. The minimum absolute atomic E-state index is 0.119. The summed E-state index contributed by atoms with van der Waals surface area (Å²) in [6, 6.07) is 0. The fraction of sp³-hybridized carbons (Fsp3) is 0.400. The topological polar surface area (TPSA) is 26.3 Å². The first kappa shape index (κ1) is 13.5. The van der Waals surface area contributed by atoms with E-state index in [-0.39, 0.29) is 17.5 Å². The van der Waals surface area contributed by atoms with Crippen LogP contribution < -0.4 is 0 Å². The van der Waals surface area contributed by atoms with E-state index >= 15 is 0 Å². The first-order chi connectivity index (χ1) is 7.86. The highest BCUT2D eigenvalue weighted by Gasteiger charge is 2.35. The Morgan fingerprint density at radius 3 is 2.71 bits per heavy atom. The number of hydrogen-bond donors (Lipinski definition) is 0. The molecule has 17 heavy (non-hydrogen) atoms. The Balaban J connectivity index is 2.72. The second kappa shape index (κ2) is 5.17. The number of esters is 1. The summed E-state index contributed by atoms with van der Waals surface area (Å²) < 4.78 is 5.33. The lowest BCUT2D eigenvalue weighted by Gasteiger charge is -2.28. The molecule has 2 nitrogen and oxygen atoms in total. The standard InChI is InChI=1S/C15H20O2/c1-6-12-10-13(17-14(12)16)15(4,5)9-7-8-11(2)3/h6-8,10,13H,1-2,9H2,3-5H3/b8-7+/t13-/m0/s1. The maximum atomic E-state index is 11.5. The van der Waals surface area contributed by atoms with E-state index in [1.54, 1.807) is 6.08 Å². The summed E-state index contributed by atoms with van der Waals surface area (Å²) in [6.45, 7) is 13.5. The van der Waals surface area contributed by atoms with Crippen molar-refractivity contribution >= 4 is 5.97 Å². The summed E-state index contributed by atoms with van der Waals surface area (Å²) in [5.41, 5.74) is 1.46. The van der Waals surface area contributed by atoms with Crippen LogP contribution in [-0.4, -0.2) is 12.1 Å². The highest BCUT2D eigenvalue weighted by Crippen LogP contribution is 2.33. The van der Waals surface area contributed by atoms with Crippen molar-refractivity contribution in [1.82, 2.24) is 0 Å². The molecular formula is C15H20O2. The number of carbonyl (C=O) groups excluding carboxylic acids is 1. The Bertz CT molecular complexity index is 397. The van der Waals surface area contributed by atoms with E-state index in [4.69, 9.17) is 4.74 Å². The molecule has 0 N–H and O–H groups in total. The molecule has 0 unspecified atom stereocenters. The van der Waals surface area contributed by atoms with Crippen LogP contribution in [0.5, 0.6) is 0 Å². The van der Waals surface area contributed by atoms with E-state index in [1.165, 1.54) is 0 Å². The summed E-state index contributed by atoms with van der Waals surface area (Å²) >= 11 is 0. The molecule has 0 spiro atoms. The smallest absolute Gasteiger partial charge is 0.338 e. The highest BCUT2D eigenvalue weighted by atomic mass is 16.5. The Kier molecular flexibility index (Phi) is 4.11. The molecule has 1 aliphatic rings. The lowest BCUT2D eigenvalue weighted by Crippen LogP contribution is -2.28. The molecule has 0 amide bonds. The lowest BCUT2D eigenvalue weighted by molar-refractivity contribution is -0.143. The van der Waals surface area contributed by atoms with Gasteiger partial charge in [-0.15, -0.1) is 0 Å². The van der Waals surface area contributed by atoms with Crippen LogP contribution in [-0.2, 0) is 9.53 Å². The minimum Gasteiger partial charge on any atom is -0.454 e. The van der Waals surface area contributed by atoms with Crippen LogP contribution in [0.2, 0.25) is 0 Å². The van der Waals surface area contributed by atoms with Gasteiger partial charge in [0.25, 0.3) is 0 Å². The number of hydrogen-bond acceptors (Lipinski definition) is 2. The Morgan fingerprint density at radius 1 is 1.59 bits per heavy atom. The van der Waals surface area contributed by atoms with Crippen molar-refractivity contribution in [3.05, 3.63) is 48.6 Å². The largest absolute Gasteiger partial charge is 0.454 e. The summed E-state index contributed by atoms with van der Waals surface area (Å²) in [6.07, 6.45) is 8.09. The predicted molar refractivity (Wildman–Crippen MR) is 70.5 cm³/mol. The van der Waals surface area contributed by atoms with Crippen LogP contribution >= 0.6 is 0 Å². The van der Waals surface area contributed by atoms with Crippen LogP contribution in [0.25, 0.3) is 0 Å². The van der Waals surface area contributed by atoms with Gasteiger partial charge >= 0.3 is 5.97 Å². The van der Waals surface area contributed by atoms with Crippen molar-refractivity contribution in [3.8, 4) is 0 Å². The second-order valence-electron chi connectivity index (χ2n) is 5.09. The molecule has 0 radical (unpaired) electrons. The quantitative estimate of drug-likeness (QED) is 0.535. The number of cyclic esters (lactones) is 1. The molecule has 0 fully saturated rings. The van der Waals surface area contributed by atoms with Crippen LogP contribution in [0.15, 0.2) is 48.6 Å². The molecular weight excluding hydrogens is 212 g/mol. The van der Waals surface area contributed by atoms with E-state index < -0.39 is 0 Å². The summed E-state index contributed by atoms with van der Waals surface area (Å²) in [5.74, 6) is -0.276. The average molecular weight is 232 g/mol. The molecule has 1 rings (SSSR count). The maximum absolute atomic E-state index is 11.5. The lowest BCUT2D eigenvalue weighted by atomic mass is 9.82. The average Bonchev–Trinajstić information content (AvgIpc) is 2.59. The van der Waals surface area contributed by atoms with Gasteiger partial charge in [-0.2, -0.15) is 0 Å². The van der Waals surface area contributed by atoms with E-state index in [0.29, 0.717) is 5.57 Å². The molecule has 2 heteroatoms. The molecule has 0 saturated carbocycles. The summed E-state index contributed by atoms with van der Waals surface area (Å²) in [7, 11) is 0. The number of rotatable bonds is 5. The normalized spacial score (nSPS) is 20.3. The number of allylic oxidation sites excluding steroid dienone is 3. The van der Waals surface area contributed by atoms with Crippen molar-refractivity contribution in [2.75, 3.05) is 0 Å². The molecule has 1 heterocycles. The van der Waals surface area contributed by atoms with Gasteiger partial charge in [-0.1, -0.05) is 50.8 Å². The third-order valence-corrected chi connectivity index (χ3v) is 2.84.